The number of carbonyl (C=O) groups excluding carboxylic acids is 1. The summed E-state index contributed by atoms with van der Waals surface area (Å²) in [5.74, 6) is 5.81. The minimum atomic E-state index is -0.165. The number of thiophene rings is 1. The molecule has 2 aromatic heterocycles. The Bertz CT molecular complexity index is 814. The summed E-state index contributed by atoms with van der Waals surface area (Å²) in [6.07, 6.45) is 1.84. The van der Waals surface area contributed by atoms with Crippen molar-refractivity contribution in [3.63, 3.8) is 0 Å². The predicted molar refractivity (Wildman–Crippen MR) is 88.9 cm³/mol. The van der Waals surface area contributed by atoms with Gasteiger partial charge in [-0.3, -0.25) is 15.1 Å². The van der Waals surface area contributed by atoms with E-state index < -0.39 is 0 Å². The monoisotopic (exact) mass is 325 g/mol. The van der Waals surface area contributed by atoms with Crippen LogP contribution in [-0.4, -0.2) is 33.8 Å². The molecule has 0 aromatic carbocycles. The van der Waals surface area contributed by atoms with E-state index in [1.807, 2.05) is 17.5 Å². The molecule has 2 aromatic rings. The smallest absolute Gasteiger partial charge is 0.231 e. The SMILES string of the molecule is CC#Cc1cc(-c2csc([C@@H]3CC(=O)N(C)C(=N)N3)c2)ncn1. The third kappa shape index (κ3) is 3.07. The van der Waals surface area contributed by atoms with Gasteiger partial charge in [0.25, 0.3) is 0 Å². The molecule has 0 unspecified atom stereocenters. The Labute approximate surface area is 138 Å². The van der Waals surface area contributed by atoms with Gasteiger partial charge in [-0.15, -0.1) is 11.3 Å². The molecule has 1 aliphatic heterocycles. The zero-order valence-corrected chi connectivity index (χ0v) is 13.6. The number of carbonyl (C=O) groups is 1. The molecule has 6 nitrogen and oxygen atoms in total. The number of hydrogen-bond donors (Lipinski definition) is 2. The van der Waals surface area contributed by atoms with E-state index in [2.05, 4.69) is 27.1 Å². The van der Waals surface area contributed by atoms with Crippen molar-refractivity contribution in [2.75, 3.05) is 7.05 Å². The van der Waals surface area contributed by atoms with Crippen molar-refractivity contribution >= 4 is 23.2 Å². The molecule has 0 radical (unpaired) electrons. The standard InChI is InChI=1S/C16H15N5OS/c1-3-4-11-6-12(19-9-18-11)10-5-14(23-8-10)13-7-15(22)21(2)16(17)20-13/h5-6,8-9,13H,7H2,1-2H3,(H2,17,20)/t13-/m0/s1. The molecule has 1 amide bonds. The molecule has 0 bridgehead atoms. The molecule has 3 rings (SSSR count). The van der Waals surface area contributed by atoms with Crippen molar-refractivity contribution in [3.8, 4) is 23.1 Å². The lowest BCUT2D eigenvalue weighted by molar-refractivity contribution is -0.128. The summed E-state index contributed by atoms with van der Waals surface area (Å²) in [5.41, 5.74) is 2.44. The molecule has 1 saturated heterocycles. The molecule has 116 valence electrons. The van der Waals surface area contributed by atoms with Crippen molar-refractivity contribution < 1.29 is 4.79 Å². The minimum Gasteiger partial charge on any atom is -0.348 e. The van der Waals surface area contributed by atoms with Gasteiger partial charge in [0.15, 0.2) is 5.96 Å². The molecule has 0 spiro atoms. The molecule has 1 fully saturated rings. The lowest BCUT2D eigenvalue weighted by Gasteiger charge is -2.30. The van der Waals surface area contributed by atoms with Crippen LogP contribution in [-0.2, 0) is 4.79 Å². The van der Waals surface area contributed by atoms with Crippen LogP contribution in [0.3, 0.4) is 0 Å². The van der Waals surface area contributed by atoms with E-state index in [1.165, 1.54) is 11.2 Å². The average Bonchev–Trinajstić information content (AvgIpc) is 3.03. The lowest BCUT2D eigenvalue weighted by Crippen LogP contribution is -2.49. The van der Waals surface area contributed by atoms with Crippen LogP contribution in [0.15, 0.2) is 23.8 Å². The maximum atomic E-state index is 11.9. The van der Waals surface area contributed by atoms with Crippen molar-refractivity contribution in [2.45, 2.75) is 19.4 Å². The molecule has 7 heteroatoms. The fraction of sp³-hybridized carbons (Fsp3) is 0.250. The van der Waals surface area contributed by atoms with Crippen LogP contribution in [0, 0.1) is 17.3 Å². The van der Waals surface area contributed by atoms with Crippen LogP contribution in [0.25, 0.3) is 11.3 Å². The Balaban J connectivity index is 1.86. The first-order chi connectivity index (χ1) is 11.1. The fourth-order valence-corrected chi connectivity index (χ4v) is 3.26. The van der Waals surface area contributed by atoms with Crippen molar-refractivity contribution in [1.29, 1.82) is 5.41 Å². The minimum absolute atomic E-state index is 0.0590. The summed E-state index contributed by atoms with van der Waals surface area (Å²) in [7, 11) is 1.60. The highest BCUT2D eigenvalue weighted by Crippen LogP contribution is 2.31. The van der Waals surface area contributed by atoms with E-state index in [-0.39, 0.29) is 17.9 Å². The van der Waals surface area contributed by atoms with Crippen LogP contribution in [0.4, 0.5) is 0 Å². The summed E-state index contributed by atoms with van der Waals surface area (Å²) in [6, 6.07) is 3.68. The Hall–Kier alpha value is -2.72. The zero-order chi connectivity index (χ0) is 16.4. The summed E-state index contributed by atoms with van der Waals surface area (Å²) in [6.45, 7) is 1.77. The maximum Gasteiger partial charge on any atom is 0.231 e. The van der Waals surface area contributed by atoms with Gasteiger partial charge in [-0.05, 0) is 25.0 Å². The van der Waals surface area contributed by atoms with Crippen LogP contribution in [0.5, 0.6) is 0 Å². The first kappa shape index (κ1) is 15.2. The van der Waals surface area contributed by atoms with Gasteiger partial charge in [0.1, 0.15) is 12.0 Å². The number of guanidine groups is 1. The highest BCUT2D eigenvalue weighted by Gasteiger charge is 2.28. The molecule has 1 aliphatic rings. The van der Waals surface area contributed by atoms with E-state index >= 15 is 0 Å². The molecule has 23 heavy (non-hydrogen) atoms. The molecule has 1 atom stereocenters. The number of amides is 1. The van der Waals surface area contributed by atoms with Crippen LogP contribution in [0.1, 0.15) is 30.0 Å². The Kier molecular flexibility index (Phi) is 4.08. The maximum absolute atomic E-state index is 11.9. The second kappa shape index (κ2) is 6.18. The summed E-state index contributed by atoms with van der Waals surface area (Å²) in [4.78, 5) is 22.6. The lowest BCUT2D eigenvalue weighted by atomic mass is 10.1. The quantitative estimate of drug-likeness (QED) is 0.828. The zero-order valence-electron chi connectivity index (χ0n) is 12.8. The van der Waals surface area contributed by atoms with Crippen LogP contribution < -0.4 is 5.32 Å². The topological polar surface area (TPSA) is 82.0 Å². The number of rotatable bonds is 2. The first-order valence-corrected chi connectivity index (χ1v) is 7.91. The van der Waals surface area contributed by atoms with Crippen molar-refractivity contribution in [1.82, 2.24) is 20.2 Å². The van der Waals surface area contributed by atoms with E-state index in [4.69, 9.17) is 5.41 Å². The Morgan fingerprint density at radius 1 is 1.43 bits per heavy atom. The van der Waals surface area contributed by atoms with E-state index in [9.17, 15) is 4.79 Å². The van der Waals surface area contributed by atoms with Crippen LogP contribution >= 0.6 is 11.3 Å². The Morgan fingerprint density at radius 2 is 2.26 bits per heavy atom. The Morgan fingerprint density at radius 3 is 3.00 bits per heavy atom. The number of nitrogens with zero attached hydrogens (tertiary/aromatic N) is 3. The molecule has 3 heterocycles. The van der Waals surface area contributed by atoms with Crippen molar-refractivity contribution in [2.24, 2.45) is 0 Å². The van der Waals surface area contributed by atoms with E-state index in [0.717, 1.165) is 16.1 Å². The third-order valence-electron chi connectivity index (χ3n) is 3.58. The molecular formula is C16H15N5OS. The third-order valence-corrected chi connectivity index (χ3v) is 4.62. The van der Waals surface area contributed by atoms with E-state index in [1.54, 1.807) is 25.3 Å². The second-order valence-electron chi connectivity index (χ2n) is 5.10. The molecule has 2 N–H and O–H groups in total. The van der Waals surface area contributed by atoms with Gasteiger partial charge in [-0.25, -0.2) is 9.97 Å². The van der Waals surface area contributed by atoms with Crippen LogP contribution in [0.2, 0.25) is 0 Å². The van der Waals surface area contributed by atoms with Gasteiger partial charge in [-0.2, -0.15) is 0 Å². The second-order valence-corrected chi connectivity index (χ2v) is 6.05. The van der Waals surface area contributed by atoms with Gasteiger partial charge < -0.3 is 5.32 Å². The summed E-state index contributed by atoms with van der Waals surface area (Å²) >= 11 is 1.55. The normalized spacial score (nSPS) is 17.5. The van der Waals surface area contributed by atoms with Gasteiger partial charge in [0.2, 0.25) is 5.91 Å². The first-order valence-electron chi connectivity index (χ1n) is 7.03. The van der Waals surface area contributed by atoms with Gasteiger partial charge in [-0.1, -0.05) is 5.92 Å². The number of aromatic nitrogens is 2. The molecular weight excluding hydrogens is 310 g/mol. The molecule has 0 saturated carbocycles. The fourth-order valence-electron chi connectivity index (χ4n) is 2.30. The highest BCUT2D eigenvalue weighted by atomic mass is 32.1. The summed E-state index contributed by atoms with van der Waals surface area (Å²) in [5, 5.41) is 12.9. The molecule has 0 aliphatic carbocycles. The number of hydrogen-bond acceptors (Lipinski definition) is 5. The van der Waals surface area contributed by atoms with Gasteiger partial charge >= 0.3 is 0 Å². The average molecular weight is 325 g/mol. The summed E-state index contributed by atoms with van der Waals surface area (Å²) < 4.78 is 0. The predicted octanol–water partition coefficient (Wildman–Crippen LogP) is 2.00. The highest BCUT2D eigenvalue weighted by molar-refractivity contribution is 7.10. The largest absolute Gasteiger partial charge is 0.348 e. The van der Waals surface area contributed by atoms with Crippen molar-refractivity contribution in [3.05, 3.63) is 34.4 Å². The van der Waals surface area contributed by atoms with Gasteiger partial charge in [0, 0.05) is 22.9 Å². The number of nitrogens with one attached hydrogen (secondary N) is 2. The van der Waals surface area contributed by atoms with Gasteiger partial charge in [0.05, 0.1) is 18.2 Å². The van der Waals surface area contributed by atoms with E-state index in [0.29, 0.717) is 12.1 Å².